The molecular formula is C15H29N3O4S. The monoisotopic (exact) mass is 347 g/mol. The summed E-state index contributed by atoms with van der Waals surface area (Å²) in [6, 6.07) is -0.443. The average Bonchev–Trinajstić information content (AvgIpc) is 2.84. The third-order valence-electron chi connectivity index (χ3n) is 4.40. The van der Waals surface area contributed by atoms with Crippen LogP contribution < -0.4 is 5.32 Å². The van der Waals surface area contributed by atoms with Gasteiger partial charge in [0.25, 0.3) is 0 Å². The van der Waals surface area contributed by atoms with E-state index in [-0.39, 0.29) is 29.7 Å². The van der Waals surface area contributed by atoms with E-state index in [1.54, 1.807) is 7.05 Å². The fraction of sp³-hybridized carbons (Fsp3) is 0.933. The molecule has 2 rings (SSSR count). The topological polar surface area (TPSA) is 79.0 Å². The number of carbonyl (C=O) groups excluding carboxylic acids is 1. The van der Waals surface area contributed by atoms with Crippen molar-refractivity contribution in [1.29, 1.82) is 0 Å². The molecule has 0 radical (unpaired) electrons. The molecule has 2 aliphatic rings. The number of sulfone groups is 1. The molecule has 2 amide bonds. The molecule has 8 heteroatoms. The van der Waals surface area contributed by atoms with Gasteiger partial charge in [-0.3, -0.25) is 4.90 Å². The van der Waals surface area contributed by atoms with Crippen LogP contribution in [0.5, 0.6) is 0 Å². The fourth-order valence-corrected chi connectivity index (χ4v) is 4.93. The second-order valence-corrected chi connectivity index (χ2v) is 9.23. The van der Waals surface area contributed by atoms with Crippen LogP contribution in [0.25, 0.3) is 0 Å². The third kappa shape index (κ3) is 5.61. The highest BCUT2D eigenvalue weighted by Gasteiger charge is 2.33. The molecule has 7 nitrogen and oxygen atoms in total. The molecular weight excluding hydrogens is 318 g/mol. The number of hydrogen-bond acceptors (Lipinski definition) is 5. The van der Waals surface area contributed by atoms with Crippen LogP contribution in [0.3, 0.4) is 0 Å². The van der Waals surface area contributed by atoms with Crippen molar-refractivity contribution < 1.29 is 17.9 Å². The number of amides is 2. The van der Waals surface area contributed by atoms with Gasteiger partial charge in [-0.2, -0.15) is 0 Å². The molecule has 23 heavy (non-hydrogen) atoms. The van der Waals surface area contributed by atoms with Crippen molar-refractivity contribution in [2.45, 2.75) is 32.4 Å². The van der Waals surface area contributed by atoms with Gasteiger partial charge in [0.2, 0.25) is 0 Å². The number of nitrogens with zero attached hydrogens (tertiary/aromatic N) is 2. The van der Waals surface area contributed by atoms with E-state index in [2.05, 4.69) is 24.1 Å². The van der Waals surface area contributed by atoms with Crippen molar-refractivity contribution >= 4 is 15.9 Å². The molecule has 0 spiro atoms. The Kier molecular flexibility index (Phi) is 6.27. The van der Waals surface area contributed by atoms with Crippen LogP contribution in [0.4, 0.5) is 4.79 Å². The summed E-state index contributed by atoms with van der Waals surface area (Å²) in [4.78, 5) is 16.1. The van der Waals surface area contributed by atoms with Crippen LogP contribution in [-0.2, 0) is 14.6 Å². The van der Waals surface area contributed by atoms with Gasteiger partial charge in [-0.15, -0.1) is 0 Å². The summed E-state index contributed by atoms with van der Waals surface area (Å²) in [5, 5.41) is 2.87. The van der Waals surface area contributed by atoms with E-state index in [0.29, 0.717) is 25.5 Å². The predicted molar refractivity (Wildman–Crippen MR) is 89.2 cm³/mol. The van der Waals surface area contributed by atoms with E-state index < -0.39 is 9.84 Å². The first-order valence-corrected chi connectivity index (χ1v) is 10.1. The lowest BCUT2D eigenvalue weighted by Gasteiger charge is -2.34. The van der Waals surface area contributed by atoms with Gasteiger partial charge in [0.1, 0.15) is 0 Å². The summed E-state index contributed by atoms with van der Waals surface area (Å²) >= 11 is 0. The Balaban J connectivity index is 1.75. The summed E-state index contributed by atoms with van der Waals surface area (Å²) < 4.78 is 28.7. The van der Waals surface area contributed by atoms with Crippen molar-refractivity contribution in [3.8, 4) is 0 Å². The lowest BCUT2D eigenvalue weighted by Crippen LogP contribution is -2.51. The zero-order valence-corrected chi connectivity index (χ0v) is 15.1. The second-order valence-electron chi connectivity index (χ2n) is 7.00. The Morgan fingerprint density at radius 1 is 1.43 bits per heavy atom. The number of urea groups is 1. The number of ether oxygens (including phenoxy) is 1. The highest BCUT2D eigenvalue weighted by atomic mass is 32.2. The van der Waals surface area contributed by atoms with E-state index in [4.69, 9.17) is 4.74 Å². The third-order valence-corrected chi connectivity index (χ3v) is 6.15. The van der Waals surface area contributed by atoms with Gasteiger partial charge in [0.15, 0.2) is 9.84 Å². The Morgan fingerprint density at radius 2 is 2.17 bits per heavy atom. The predicted octanol–water partition coefficient (Wildman–Crippen LogP) is 0.172. The van der Waals surface area contributed by atoms with E-state index in [1.165, 1.54) is 4.90 Å². The molecule has 2 aliphatic heterocycles. The van der Waals surface area contributed by atoms with Gasteiger partial charge < -0.3 is 15.0 Å². The number of rotatable bonds is 5. The summed E-state index contributed by atoms with van der Waals surface area (Å²) in [6.07, 6.45) is 0.515. The highest BCUT2D eigenvalue weighted by molar-refractivity contribution is 7.91. The van der Waals surface area contributed by atoms with Crippen LogP contribution >= 0.6 is 0 Å². The average molecular weight is 347 g/mol. The highest BCUT2D eigenvalue weighted by Crippen LogP contribution is 2.16. The molecule has 0 aromatic heterocycles. The first-order chi connectivity index (χ1) is 10.8. The fourth-order valence-electron chi connectivity index (χ4n) is 3.16. The normalized spacial score (nSPS) is 28.0. The lowest BCUT2D eigenvalue weighted by atomic mass is 10.2. The summed E-state index contributed by atoms with van der Waals surface area (Å²) in [5.74, 6) is 0.850. The molecule has 0 aromatic rings. The largest absolute Gasteiger partial charge is 0.374 e. The van der Waals surface area contributed by atoms with E-state index in [9.17, 15) is 13.2 Å². The van der Waals surface area contributed by atoms with Gasteiger partial charge in [-0.1, -0.05) is 13.8 Å². The molecule has 0 aliphatic carbocycles. The van der Waals surface area contributed by atoms with Crippen LogP contribution in [0.15, 0.2) is 0 Å². The van der Waals surface area contributed by atoms with E-state index in [0.717, 1.165) is 19.6 Å². The van der Waals surface area contributed by atoms with Gasteiger partial charge in [0.05, 0.1) is 24.2 Å². The van der Waals surface area contributed by atoms with Crippen molar-refractivity contribution in [3.63, 3.8) is 0 Å². The first-order valence-electron chi connectivity index (χ1n) is 8.32. The van der Waals surface area contributed by atoms with Crippen molar-refractivity contribution in [1.82, 2.24) is 15.1 Å². The molecule has 0 saturated carbocycles. The second kappa shape index (κ2) is 7.81. The number of nitrogens with one attached hydrogen (secondary N) is 1. The molecule has 2 saturated heterocycles. The molecule has 0 bridgehead atoms. The smallest absolute Gasteiger partial charge is 0.317 e. The number of carbonyl (C=O) groups is 1. The van der Waals surface area contributed by atoms with Crippen molar-refractivity contribution in [2.75, 3.05) is 51.3 Å². The Morgan fingerprint density at radius 3 is 2.78 bits per heavy atom. The van der Waals surface area contributed by atoms with Gasteiger partial charge in [-0.05, 0) is 12.3 Å². The van der Waals surface area contributed by atoms with Crippen molar-refractivity contribution in [2.24, 2.45) is 5.92 Å². The number of hydrogen-bond donors (Lipinski definition) is 1. The molecule has 0 aromatic carbocycles. The van der Waals surface area contributed by atoms with E-state index >= 15 is 0 Å². The minimum absolute atomic E-state index is 0.00726. The summed E-state index contributed by atoms with van der Waals surface area (Å²) in [6.45, 7) is 8.31. The maximum Gasteiger partial charge on any atom is 0.317 e. The minimum atomic E-state index is -2.98. The Bertz CT molecular complexity index is 509. The van der Waals surface area contributed by atoms with Crippen LogP contribution in [-0.4, -0.2) is 87.7 Å². The first kappa shape index (κ1) is 18.5. The van der Waals surface area contributed by atoms with Crippen LogP contribution in [0, 0.1) is 5.92 Å². The summed E-state index contributed by atoms with van der Waals surface area (Å²) in [7, 11) is -1.32. The molecule has 1 N–H and O–H groups in total. The van der Waals surface area contributed by atoms with E-state index in [1.807, 2.05) is 0 Å². The lowest BCUT2D eigenvalue weighted by molar-refractivity contribution is -0.0294. The molecule has 2 fully saturated rings. The SMILES string of the molecule is CC(C)CN1CCO[C@H](CNC(=O)N(C)[C@H]2CCS(=O)(=O)C2)C1. The summed E-state index contributed by atoms with van der Waals surface area (Å²) in [5.41, 5.74) is 0. The maximum atomic E-state index is 12.2. The van der Waals surface area contributed by atoms with Crippen molar-refractivity contribution in [3.05, 3.63) is 0 Å². The van der Waals surface area contributed by atoms with Crippen LogP contribution in [0.2, 0.25) is 0 Å². The number of morpholine rings is 1. The Labute approximate surface area is 139 Å². The minimum Gasteiger partial charge on any atom is -0.374 e. The molecule has 134 valence electrons. The van der Waals surface area contributed by atoms with Gasteiger partial charge >= 0.3 is 6.03 Å². The molecule has 2 atom stereocenters. The quantitative estimate of drug-likeness (QED) is 0.767. The Hall–Kier alpha value is -0.860. The van der Waals surface area contributed by atoms with Crippen LogP contribution in [0.1, 0.15) is 20.3 Å². The molecule has 0 unspecified atom stereocenters. The van der Waals surface area contributed by atoms with Gasteiger partial charge in [-0.25, -0.2) is 13.2 Å². The molecule has 2 heterocycles. The van der Waals surface area contributed by atoms with Gasteiger partial charge in [0, 0.05) is 39.3 Å². The standard InChI is InChI=1S/C15H29N3O4S/c1-12(2)9-18-5-6-22-14(10-18)8-16-15(19)17(3)13-4-7-23(20,21)11-13/h12-14H,4-11H2,1-3H3,(H,16,19)/t13-,14+/m0/s1. The zero-order chi connectivity index (χ0) is 17.0. The maximum absolute atomic E-state index is 12.2. The zero-order valence-electron chi connectivity index (χ0n) is 14.3.